The van der Waals surface area contributed by atoms with Crippen LogP contribution in [-0.4, -0.2) is 29.3 Å². The van der Waals surface area contributed by atoms with Crippen molar-refractivity contribution in [1.82, 2.24) is 9.78 Å². The first-order valence-corrected chi connectivity index (χ1v) is 6.54. The van der Waals surface area contributed by atoms with Crippen LogP contribution in [-0.2, 0) is 16.1 Å². The van der Waals surface area contributed by atoms with Crippen LogP contribution in [0.2, 0.25) is 5.02 Å². The molecule has 0 radical (unpaired) electrons. The number of carbonyl (C=O) groups is 1. The van der Waals surface area contributed by atoms with E-state index in [1.807, 2.05) is 4.68 Å². The van der Waals surface area contributed by atoms with E-state index in [2.05, 4.69) is 5.10 Å². The van der Waals surface area contributed by atoms with Gasteiger partial charge in [-0.3, -0.25) is 9.48 Å². The van der Waals surface area contributed by atoms with Crippen molar-refractivity contribution < 1.29 is 9.53 Å². The minimum absolute atomic E-state index is 0.179. The fraction of sp³-hybridized carbons (Fsp3) is 0.538. The molecule has 1 aliphatic carbocycles. The van der Waals surface area contributed by atoms with Crippen molar-refractivity contribution in [3.8, 4) is 0 Å². The maximum Gasteiger partial charge on any atom is 0.156 e. The lowest BCUT2D eigenvalue weighted by Gasteiger charge is -2.10. The van der Waals surface area contributed by atoms with Crippen molar-refractivity contribution >= 4 is 23.0 Å². The smallest absolute Gasteiger partial charge is 0.156 e. The predicted octanol–water partition coefficient (Wildman–Crippen LogP) is 2.71. The number of hydrogen-bond donors (Lipinski definition) is 0. The molecule has 0 N–H and O–H groups in total. The van der Waals surface area contributed by atoms with E-state index >= 15 is 0 Å². The zero-order valence-corrected chi connectivity index (χ0v) is 11.2. The Morgan fingerprint density at radius 1 is 1.44 bits per heavy atom. The summed E-state index contributed by atoms with van der Waals surface area (Å²) in [6, 6.07) is 0. The summed E-state index contributed by atoms with van der Waals surface area (Å²) in [6.07, 6.45) is 6.82. The summed E-state index contributed by atoms with van der Waals surface area (Å²) >= 11 is 6.18. The lowest BCUT2D eigenvalue weighted by molar-refractivity contribution is -0.114. The average Bonchev–Trinajstić information content (AvgIpc) is 2.57. The van der Waals surface area contributed by atoms with E-state index in [9.17, 15) is 4.79 Å². The molecular weight excluding hydrogens is 252 g/mol. The summed E-state index contributed by atoms with van der Waals surface area (Å²) in [6.45, 7) is 1.22. The zero-order valence-electron chi connectivity index (χ0n) is 10.5. The molecule has 5 heteroatoms. The minimum atomic E-state index is 0.179. The molecule has 1 aliphatic rings. The van der Waals surface area contributed by atoms with Crippen LogP contribution in [0.1, 0.15) is 31.4 Å². The highest BCUT2D eigenvalue weighted by Crippen LogP contribution is 2.29. The maximum atomic E-state index is 11.7. The van der Waals surface area contributed by atoms with Gasteiger partial charge in [0.05, 0.1) is 30.1 Å². The van der Waals surface area contributed by atoms with Crippen LogP contribution in [0.3, 0.4) is 0 Å². The number of ketones is 1. The minimum Gasteiger partial charge on any atom is -0.383 e. The Balaban J connectivity index is 2.30. The molecule has 0 fully saturated rings. The molecule has 18 heavy (non-hydrogen) atoms. The molecule has 0 aliphatic heterocycles. The molecule has 0 amide bonds. The van der Waals surface area contributed by atoms with E-state index in [1.165, 1.54) is 0 Å². The van der Waals surface area contributed by atoms with Crippen LogP contribution < -0.4 is 0 Å². The monoisotopic (exact) mass is 268 g/mol. The highest BCUT2D eigenvalue weighted by molar-refractivity contribution is 6.32. The number of aromatic nitrogens is 2. The largest absolute Gasteiger partial charge is 0.383 e. The molecule has 0 unspecified atom stereocenters. The molecule has 0 saturated carbocycles. The number of rotatable bonds is 4. The van der Waals surface area contributed by atoms with Gasteiger partial charge in [-0.25, -0.2) is 0 Å². The number of allylic oxidation sites excluding steroid dienone is 2. The topological polar surface area (TPSA) is 44.1 Å². The van der Waals surface area contributed by atoms with Crippen LogP contribution in [0.15, 0.2) is 12.3 Å². The van der Waals surface area contributed by atoms with Gasteiger partial charge in [0.25, 0.3) is 0 Å². The Kier molecular flexibility index (Phi) is 4.55. The molecular formula is C13H17ClN2O2. The van der Waals surface area contributed by atoms with Crippen molar-refractivity contribution in [3.63, 3.8) is 0 Å². The Hall–Kier alpha value is -1.13. The van der Waals surface area contributed by atoms with E-state index < -0.39 is 0 Å². The number of hydrogen-bond acceptors (Lipinski definition) is 3. The van der Waals surface area contributed by atoms with E-state index in [-0.39, 0.29) is 5.78 Å². The van der Waals surface area contributed by atoms with Crippen molar-refractivity contribution in [2.45, 2.75) is 32.2 Å². The third-order valence-electron chi connectivity index (χ3n) is 3.06. The fourth-order valence-electron chi connectivity index (χ4n) is 2.17. The molecule has 2 rings (SSSR count). The number of halogens is 1. The predicted molar refractivity (Wildman–Crippen MR) is 70.6 cm³/mol. The van der Waals surface area contributed by atoms with Gasteiger partial charge >= 0.3 is 0 Å². The lowest BCUT2D eigenvalue weighted by atomic mass is 10.1. The second-order valence-electron chi connectivity index (χ2n) is 4.40. The van der Waals surface area contributed by atoms with Gasteiger partial charge in [-0.2, -0.15) is 5.10 Å². The first-order valence-electron chi connectivity index (χ1n) is 6.16. The summed E-state index contributed by atoms with van der Waals surface area (Å²) in [5, 5.41) is 4.84. The molecule has 0 bridgehead atoms. The Morgan fingerprint density at radius 3 is 3.00 bits per heavy atom. The first-order chi connectivity index (χ1) is 8.72. The maximum absolute atomic E-state index is 11.7. The Bertz CT molecular complexity index is 466. The van der Waals surface area contributed by atoms with Gasteiger partial charge < -0.3 is 4.74 Å². The number of ether oxygens (including phenoxy) is 1. The lowest BCUT2D eigenvalue weighted by Crippen LogP contribution is -2.09. The molecule has 0 atom stereocenters. The molecule has 4 nitrogen and oxygen atoms in total. The summed E-state index contributed by atoms with van der Waals surface area (Å²) in [5.41, 5.74) is 1.86. The molecule has 0 saturated heterocycles. The van der Waals surface area contributed by atoms with Gasteiger partial charge in [-0.15, -0.1) is 0 Å². The molecule has 0 spiro atoms. The van der Waals surface area contributed by atoms with Crippen LogP contribution >= 0.6 is 11.6 Å². The van der Waals surface area contributed by atoms with Crippen molar-refractivity contribution in [2.75, 3.05) is 13.7 Å². The van der Waals surface area contributed by atoms with Gasteiger partial charge in [0.1, 0.15) is 0 Å². The Labute approximate surface area is 112 Å². The van der Waals surface area contributed by atoms with E-state index in [0.717, 1.165) is 30.5 Å². The van der Waals surface area contributed by atoms with Crippen molar-refractivity contribution in [1.29, 1.82) is 0 Å². The molecule has 0 aromatic carbocycles. The van der Waals surface area contributed by atoms with Crippen LogP contribution in [0.5, 0.6) is 0 Å². The quantitative estimate of drug-likeness (QED) is 0.843. The van der Waals surface area contributed by atoms with Gasteiger partial charge in [0.2, 0.25) is 0 Å². The second kappa shape index (κ2) is 6.16. The number of carbonyl (C=O) groups excluding carboxylic acids is 1. The van der Waals surface area contributed by atoms with E-state index in [1.54, 1.807) is 19.4 Å². The van der Waals surface area contributed by atoms with Crippen molar-refractivity contribution in [2.24, 2.45) is 0 Å². The second-order valence-corrected chi connectivity index (χ2v) is 4.81. The summed E-state index contributed by atoms with van der Waals surface area (Å²) in [7, 11) is 1.65. The number of methoxy groups -OCH3 is 1. The third kappa shape index (κ3) is 3.00. The van der Waals surface area contributed by atoms with Crippen LogP contribution in [0.25, 0.3) is 5.57 Å². The highest BCUT2D eigenvalue weighted by atomic mass is 35.5. The summed E-state index contributed by atoms with van der Waals surface area (Å²) < 4.78 is 6.87. The van der Waals surface area contributed by atoms with Gasteiger partial charge in [0, 0.05) is 13.5 Å². The standard InChI is InChI=1S/C13H17ClN2O2/c1-18-7-6-16-13(12(14)9-15-16)10-4-2-3-5-11(17)8-10/h8-9H,2-7H2,1H3. The molecule has 1 aromatic rings. The SMILES string of the molecule is COCCn1ncc(Cl)c1C1=CC(=O)CCCC1. The van der Waals surface area contributed by atoms with E-state index in [4.69, 9.17) is 16.3 Å². The fourth-order valence-corrected chi connectivity index (χ4v) is 2.43. The molecule has 98 valence electrons. The first kappa shape index (κ1) is 13.3. The van der Waals surface area contributed by atoms with Crippen LogP contribution in [0, 0.1) is 0 Å². The highest BCUT2D eigenvalue weighted by Gasteiger charge is 2.17. The van der Waals surface area contributed by atoms with Gasteiger partial charge in [-0.05, 0) is 30.9 Å². The molecule has 1 heterocycles. The normalized spacial score (nSPS) is 16.6. The van der Waals surface area contributed by atoms with Gasteiger partial charge in [-0.1, -0.05) is 11.6 Å². The van der Waals surface area contributed by atoms with E-state index in [0.29, 0.717) is 24.6 Å². The molecule has 1 aromatic heterocycles. The Morgan fingerprint density at radius 2 is 2.22 bits per heavy atom. The average molecular weight is 269 g/mol. The summed E-state index contributed by atoms with van der Waals surface area (Å²) in [5.74, 6) is 0.179. The summed E-state index contributed by atoms with van der Waals surface area (Å²) in [4.78, 5) is 11.7. The van der Waals surface area contributed by atoms with Crippen LogP contribution in [0.4, 0.5) is 0 Å². The van der Waals surface area contributed by atoms with Gasteiger partial charge in [0.15, 0.2) is 5.78 Å². The third-order valence-corrected chi connectivity index (χ3v) is 3.34. The zero-order chi connectivity index (χ0) is 13.0. The van der Waals surface area contributed by atoms with Crippen molar-refractivity contribution in [3.05, 3.63) is 23.0 Å². The number of nitrogens with zero attached hydrogens (tertiary/aromatic N) is 2.